The highest BCUT2D eigenvalue weighted by molar-refractivity contribution is 9.10. The van der Waals surface area contributed by atoms with Crippen molar-refractivity contribution in [3.63, 3.8) is 0 Å². The second kappa shape index (κ2) is 4.79. The molecule has 3 N–H and O–H groups in total. The van der Waals surface area contributed by atoms with Gasteiger partial charge in [-0.1, -0.05) is 0 Å². The number of benzene rings is 1. The summed E-state index contributed by atoms with van der Waals surface area (Å²) in [4.78, 5) is 0. The first-order chi connectivity index (χ1) is 5.54. The zero-order valence-electron chi connectivity index (χ0n) is 6.92. The van der Waals surface area contributed by atoms with Crippen LogP contribution in [0.3, 0.4) is 0 Å². The largest absolute Gasteiger partial charge is 0.506 e. The van der Waals surface area contributed by atoms with Crippen molar-refractivity contribution in [1.29, 1.82) is 0 Å². The molecule has 0 radical (unpaired) electrons. The summed E-state index contributed by atoms with van der Waals surface area (Å²) in [6.45, 7) is 1.62. The van der Waals surface area contributed by atoms with Crippen molar-refractivity contribution in [3.05, 3.63) is 28.0 Å². The van der Waals surface area contributed by atoms with Crippen LogP contribution < -0.4 is 5.73 Å². The van der Waals surface area contributed by atoms with Crippen LogP contribution in [-0.2, 0) is 0 Å². The number of phenolic OH excluding ortho intramolecular Hbond substituents is 1. The number of nitrogens with two attached hydrogens (primary N) is 1. The van der Waals surface area contributed by atoms with Crippen LogP contribution in [0, 0.1) is 5.82 Å². The highest BCUT2D eigenvalue weighted by atomic mass is 79.9. The number of rotatable bonds is 1. The molecule has 0 fully saturated rings. The van der Waals surface area contributed by atoms with Gasteiger partial charge < -0.3 is 10.8 Å². The van der Waals surface area contributed by atoms with Gasteiger partial charge in [-0.25, -0.2) is 4.39 Å². The smallest absolute Gasteiger partial charge is 0.137 e. The van der Waals surface area contributed by atoms with Crippen LogP contribution in [0.1, 0.15) is 18.5 Å². The van der Waals surface area contributed by atoms with Gasteiger partial charge in [-0.05, 0) is 35.0 Å². The molecule has 5 heteroatoms. The Morgan fingerprint density at radius 2 is 2.08 bits per heavy atom. The third-order valence-electron chi connectivity index (χ3n) is 1.57. The molecule has 0 spiro atoms. The highest BCUT2D eigenvalue weighted by Crippen LogP contribution is 2.32. The van der Waals surface area contributed by atoms with E-state index in [4.69, 9.17) is 5.73 Å². The molecule has 0 aliphatic rings. The molecule has 0 bridgehead atoms. The second-order valence-corrected chi connectivity index (χ2v) is 3.43. The molecule has 0 amide bonds. The molecule has 0 aromatic heterocycles. The Kier molecular flexibility index (Phi) is 4.67. The van der Waals surface area contributed by atoms with Crippen molar-refractivity contribution in [1.82, 2.24) is 0 Å². The molecule has 2 nitrogen and oxygen atoms in total. The Morgan fingerprint density at radius 3 is 2.46 bits per heavy atom. The predicted octanol–water partition coefficient (Wildman–Crippen LogP) is 2.74. The topological polar surface area (TPSA) is 46.2 Å². The first kappa shape index (κ1) is 12.7. The minimum Gasteiger partial charge on any atom is -0.506 e. The lowest BCUT2D eigenvalue weighted by atomic mass is 10.1. The lowest BCUT2D eigenvalue weighted by Gasteiger charge is -2.10. The van der Waals surface area contributed by atoms with E-state index in [2.05, 4.69) is 15.9 Å². The SMILES string of the molecule is C[C@H](N)c1c(F)ccc(Br)c1O.Cl. The molecule has 1 rings (SSSR count). The van der Waals surface area contributed by atoms with Crippen LogP contribution >= 0.6 is 28.3 Å². The quantitative estimate of drug-likeness (QED) is 0.824. The first-order valence-electron chi connectivity index (χ1n) is 3.46. The van der Waals surface area contributed by atoms with Gasteiger partial charge in [-0.3, -0.25) is 0 Å². The van der Waals surface area contributed by atoms with Crippen LogP contribution in [0.5, 0.6) is 5.75 Å². The van der Waals surface area contributed by atoms with E-state index < -0.39 is 11.9 Å². The van der Waals surface area contributed by atoms with Gasteiger partial charge in [0.05, 0.1) is 4.47 Å². The third kappa shape index (κ3) is 2.56. The average Bonchev–Trinajstić information content (AvgIpc) is 1.97. The molecular formula is C8H10BrClFNO. The van der Waals surface area contributed by atoms with Gasteiger partial charge in [0.2, 0.25) is 0 Å². The maximum Gasteiger partial charge on any atom is 0.137 e. The van der Waals surface area contributed by atoms with Crippen LogP contribution in [0.25, 0.3) is 0 Å². The van der Waals surface area contributed by atoms with Gasteiger partial charge in [0.25, 0.3) is 0 Å². The molecule has 1 atom stereocenters. The Bertz CT molecular complexity index is 306. The maximum atomic E-state index is 13.0. The summed E-state index contributed by atoms with van der Waals surface area (Å²) in [7, 11) is 0. The maximum absolute atomic E-state index is 13.0. The minimum absolute atomic E-state index is 0. The fraction of sp³-hybridized carbons (Fsp3) is 0.250. The first-order valence-corrected chi connectivity index (χ1v) is 4.25. The summed E-state index contributed by atoms with van der Waals surface area (Å²) >= 11 is 3.08. The van der Waals surface area contributed by atoms with Gasteiger partial charge in [0, 0.05) is 11.6 Å². The number of hydrogen-bond donors (Lipinski definition) is 2. The van der Waals surface area contributed by atoms with Crippen molar-refractivity contribution in [2.24, 2.45) is 5.73 Å². The second-order valence-electron chi connectivity index (χ2n) is 2.58. The molecule has 0 aliphatic carbocycles. The number of hydrogen-bond acceptors (Lipinski definition) is 2. The molecular weight excluding hydrogens is 260 g/mol. The fourth-order valence-corrected chi connectivity index (χ4v) is 1.34. The van der Waals surface area contributed by atoms with Crippen LogP contribution in [0.2, 0.25) is 0 Å². The Morgan fingerprint density at radius 1 is 1.54 bits per heavy atom. The zero-order chi connectivity index (χ0) is 9.30. The summed E-state index contributed by atoms with van der Waals surface area (Å²) < 4.78 is 13.5. The molecule has 13 heavy (non-hydrogen) atoms. The molecule has 0 unspecified atom stereocenters. The summed E-state index contributed by atoms with van der Waals surface area (Å²) in [5.41, 5.74) is 5.61. The summed E-state index contributed by atoms with van der Waals surface area (Å²) in [6, 6.07) is 2.20. The average molecular weight is 271 g/mol. The van der Waals surface area contributed by atoms with E-state index in [0.717, 1.165) is 0 Å². The monoisotopic (exact) mass is 269 g/mol. The molecule has 74 valence electrons. The van der Waals surface area contributed by atoms with Crippen molar-refractivity contribution >= 4 is 28.3 Å². The van der Waals surface area contributed by atoms with Gasteiger partial charge in [-0.2, -0.15) is 0 Å². The van der Waals surface area contributed by atoms with E-state index in [0.29, 0.717) is 4.47 Å². The van der Waals surface area contributed by atoms with Crippen LogP contribution in [0.15, 0.2) is 16.6 Å². The van der Waals surface area contributed by atoms with Gasteiger partial charge in [0.1, 0.15) is 11.6 Å². The van der Waals surface area contributed by atoms with Crippen LogP contribution in [-0.4, -0.2) is 5.11 Å². The lowest BCUT2D eigenvalue weighted by Crippen LogP contribution is -2.07. The molecule has 0 aliphatic heterocycles. The fourth-order valence-electron chi connectivity index (χ4n) is 0.990. The van der Waals surface area contributed by atoms with Crippen molar-refractivity contribution in [2.45, 2.75) is 13.0 Å². The normalized spacial score (nSPS) is 12.0. The lowest BCUT2D eigenvalue weighted by molar-refractivity contribution is 0.449. The van der Waals surface area contributed by atoms with Crippen molar-refractivity contribution in [2.75, 3.05) is 0 Å². The van der Waals surface area contributed by atoms with Gasteiger partial charge in [-0.15, -0.1) is 12.4 Å². The summed E-state index contributed by atoms with van der Waals surface area (Å²) in [5.74, 6) is -0.601. The van der Waals surface area contributed by atoms with Gasteiger partial charge >= 0.3 is 0 Å². The number of aromatic hydroxyl groups is 1. The van der Waals surface area contributed by atoms with E-state index in [9.17, 15) is 9.50 Å². The van der Waals surface area contributed by atoms with E-state index in [1.54, 1.807) is 6.92 Å². The van der Waals surface area contributed by atoms with E-state index in [-0.39, 0.29) is 23.7 Å². The molecule has 0 heterocycles. The Labute approximate surface area is 90.5 Å². The summed E-state index contributed by atoms with van der Waals surface area (Å²) in [5, 5.41) is 9.38. The highest BCUT2D eigenvalue weighted by Gasteiger charge is 2.14. The number of phenols is 1. The van der Waals surface area contributed by atoms with Crippen LogP contribution in [0.4, 0.5) is 4.39 Å². The van der Waals surface area contributed by atoms with Crippen molar-refractivity contribution in [3.8, 4) is 5.75 Å². The number of halogens is 3. The minimum atomic E-state index is -0.512. The molecule has 1 aromatic rings. The summed E-state index contributed by atoms with van der Waals surface area (Å²) in [6.07, 6.45) is 0. The molecule has 0 saturated carbocycles. The van der Waals surface area contributed by atoms with E-state index in [1.807, 2.05) is 0 Å². The molecule has 1 aromatic carbocycles. The molecule has 0 saturated heterocycles. The van der Waals surface area contributed by atoms with Gasteiger partial charge in [0.15, 0.2) is 0 Å². The predicted molar refractivity (Wildman–Crippen MR) is 55.6 cm³/mol. The van der Waals surface area contributed by atoms with E-state index in [1.165, 1.54) is 12.1 Å². The third-order valence-corrected chi connectivity index (χ3v) is 2.21. The van der Waals surface area contributed by atoms with E-state index >= 15 is 0 Å². The zero-order valence-corrected chi connectivity index (χ0v) is 9.32. The standard InChI is InChI=1S/C8H9BrFNO.ClH/c1-4(11)7-6(10)3-2-5(9)8(7)12;/h2-4,12H,11H2,1H3;1H/t4-;/m0./s1. The Balaban J connectivity index is 0.00000144. The Hall–Kier alpha value is -0.320. The van der Waals surface area contributed by atoms with Crippen molar-refractivity contribution < 1.29 is 9.50 Å².